The molecule has 0 fully saturated rings. The van der Waals surface area contributed by atoms with E-state index in [1.807, 2.05) is 0 Å². The number of hydrogen-bond donors (Lipinski definition) is 0. The molecule has 0 saturated heterocycles. The molecule has 34 valence electrons. The topological polar surface area (TPSA) is 20.3 Å². The second-order valence-electron chi connectivity index (χ2n) is 1.07. The molecule has 2 nitrogen and oxygen atoms in total. The summed E-state index contributed by atoms with van der Waals surface area (Å²) in [6, 6.07) is 0. The van der Waals surface area contributed by atoms with Gasteiger partial charge in [-0.2, -0.15) is 0 Å². The van der Waals surface area contributed by atoms with Crippen molar-refractivity contribution in [3.05, 3.63) is 0 Å². The van der Waals surface area contributed by atoms with Crippen LogP contribution >= 0.6 is 0 Å². The van der Waals surface area contributed by atoms with Gasteiger partial charge in [0.1, 0.15) is 0 Å². The van der Waals surface area contributed by atoms with Gasteiger partial charge in [0.15, 0.2) is 0 Å². The molecular weight excluding hydrogens is 79.9 g/mol. The van der Waals surface area contributed by atoms with Crippen LogP contribution in [0.15, 0.2) is 0 Å². The summed E-state index contributed by atoms with van der Waals surface area (Å²) in [5.41, 5.74) is 0. The molecule has 0 aromatic carbocycles. The van der Waals surface area contributed by atoms with Gasteiger partial charge in [0, 0.05) is 14.1 Å². The number of rotatable bonds is 1. The van der Waals surface area contributed by atoms with Gasteiger partial charge >= 0.3 is 37.7 Å². The molecule has 0 aliphatic carbocycles. The van der Waals surface area contributed by atoms with E-state index in [1.54, 1.807) is 14.1 Å². The molecule has 1 amide bonds. The first kappa shape index (κ1) is 15.6. The summed E-state index contributed by atoms with van der Waals surface area (Å²) < 4.78 is 0. The number of carbonyl (C=O) groups excluding carboxylic acids is 1. The van der Waals surface area contributed by atoms with E-state index in [-0.39, 0.29) is 37.7 Å². The maximum absolute atomic E-state index is 9.43. The van der Waals surface area contributed by atoms with Crippen LogP contribution in [0.5, 0.6) is 0 Å². The van der Waals surface area contributed by atoms with E-state index in [0.29, 0.717) is 0 Å². The third-order valence-corrected chi connectivity index (χ3v) is 0.211. The Labute approximate surface area is 68.0 Å². The molecule has 0 atom stereocenters. The summed E-state index contributed by atoms with van der Waals surface area (Å²) in [6.45, 7) is 0. The summed E-state index contributed by atoms with van der Waals surface area (Å²) in [6.07, 6.45) is 0.750. The van der Waals surface area contributed by atoms with Crippen molar-refractivity contribution in [1.29, 1.82) is 0 Å². The molecule has 0 bridgehead atoms. The number of nitrogens with zero attached hydrogens (tertiary/aromatic N) is 1. The van der Waals surface area contributed by atoms with Gasteiger partial charge in [0.2, 0.25) is 6.41 Å². The predicted octanol–water partition coefficient (Wildman–Crippen LogP) is -1.59. The van der Waals surface area contributed by atoms with E-state index in [9.17, 15) is 4.79 Å². The van der Waals surface area contributed by atoms with Crippen molar-refractivity contribution in [2.45, 2.75) is 0 Å². The number of carbonyl (C=O) groups is 1. The fourth-order valence-corrected chi connectivity index (χ4v) is 0. The van der Waals surface area contributed by atoms with Crippen LogP contribution in [0, 0.1) is 0 Å². The van der Waals surface area contributed by atoms with Gasteiger partial charge in [-0.15, -0.1) is 0 Å². The Balaban J connectivity index is -0.0000000800. The van der Waals surface area contributed by atoms with E-state index in [1.165, 1.54) is 4.90 Å². The summed E-state index contributed by atoms with van der Waals surface area (Å²) in [5, 5.41) is 0. The Hall–Kier alpha value is 0.665. The van der Waals surface area contributed by atoms with Gasteiger partial charge in [-0.05, 0) is 0 Å². The van der Waals surface area contributed by atoms with Crippen LogP contribution in [-0.2, 0) is 4.79 Å². The van der Waals surface area contributed by atoms with Crippen LogP contribution in [-0.4, -0.2) is 63.1 Å². The maximum atomic E-state index is 9.43. The Bertz CT molecular complexity index is 39.9. The Morgan fingerprint density at radius 2 is 1.43 bits per heavy atom. The molecule has 4 heteroatoms. The zero-order chi connectivity index (χ0) is 4.28. The summed E-state index contributed by atoms with van der Waals surface area (Å²) in [7, 11) is 3.38. The van der Waals surface area contributed by atoms with Gasteiger partial charge < -0.3 is 4.90 Å². The molecule has 0 spiro atoms. The molecule has 0 N–H and O–H groups in total. The molecule has 0 aliphatic heterocycles. The molecular formula is C3H9Li2NO. The van der Waals surface area contributed by atoms with E-state index in [0.717, 1.165) is 6.41 Å². The average molecular weight is 89.0 g/mol. The van der Waals surface area contributed by atoms with Crippen molar-refractivity contribution in [1.82, 2.24) is 4.90 Å². The molecule has 0 saturated carbocycles. The standard InChI is InChI=1S/C3H7NO.2Li.2H/c1-4(2)3-5;;;;/h3H,1-2H3;;;;. The van der Waals surface area contributed by atoms with Crippen LogP contribution in [0.4, 0.5) is 0 Å². The third-order valence-electron chi connectivity index (χ3n) is 0.211. The van der Waals surface area contributed by atoms with Crippen LogP contribution in [0.2, 0.25) is 0 Å². The van der Waals surface area contributed by atoms with E-state index < -0.39 is 0 Å². The first-order valence-electron chi connectivity index (χ1n) is 1.39. The monoisotopic (exact) mass is 89.1 g/mol. The zero-order valence-electron chi connectivity index (χ0n) is 3.43. The van der Waals surface area contributed by atoms with Crippen LogP contribution in [0.1, 0.15) is 0 Å². The molecule has 0 aromatic rings. The van der Waals surface area contributed by atoms with Gasteiger partial charge in [0.25, 0.3) is 0 Å². The summed E-state index contributed by atoms with van der Waals surface area (Å²) in [5.74, 6) is 0. The van der Waals surface area contributed by atoms with Gasteiger partial charge in [-0.1, -0.05) is 0 Å². The fraction of sp³-hybridized carbons (Fsp3) is 0.667. The second kappa shape index (κ2) is 9.83. The molecule has 0 radical (unpaired) electrons. The summed E-state index contributed by atoms with van der Waals surface area (Å²) >= 11 is 0. The Morgan fingerprint density at radius 3 is 1.43 bits per heavy atom. The van der Waals surface area contributed by atoms with Gasteiger partial charge in [-0.25, -0.2) is 0 Å². The number of hydrogen-bond acceptors (Lipinski definition) is 1. The van der Waals surface area contributed by atoms with E-state index >= 15 is 0 Å². The van der Waals surface area contributed by atoms with Crippen LogP contribution < -0.4 is 0 Å². The number of amides is 1. The van der Waals surface area contributed by atoms with Crippen molar-refractivity contribution in [3.63, 3.8) is 0 Å². The third kappa shape index (κ3) is 20.4. The Morgan fingerprint density at radius 1 is 1.29 bits per heavy atom. The van der Waals surface area contributed by atoms with Crippen LogP contribution in [0.3, 0.4) is 0 Å². The predicted molar refractivity (Wildman–Crippen MR) is 34.0 cm³/mol. The minimum absolute atomic E-state index is 0. The quantitative estimate of drug-likeness (QED) is 0.280. The average Bonchev–Trinajstić information content (AvgIpc) is 1.38. The van der Waals surface area contributed by atoms with E-state index in [2.05, 4.69) is 0 Å². The van der Waals surface area contributed by atoms with Crippen molar-refractivity contribution < 1.29 is 4.79 Å². The van der Waals surface area contributed by atoms with Crippen molar-refractivity contribution in [2.24, 2.45) is 0 Å². The van der Waals surface area contributed by atoms with Crippen LogP contribution in [0.25, 0.3) is 0 Å². The molecule has 0 aromatic heterocycles. The van der Waals surface area contributed by atoms with Crippen molar-refractivity contribution in [2.75, 3.05) is 14.1 Å². The summed E-state index contributed by atoms with van der Waals surface area (Å²) in [4.78, 5) is 10.9. The Kier molecular flexibility index (Phi) is 22.0. The first-order valence-corrected chi connectivity index (χ1v) is 1.39. The normalized spacial score (nSPS) is 4.86. The molecule has 0 unspecified atom stereocenters. The van der Waals surface area contributed by atoms with Gasteiger partial charge in [0.05, 0.1) is 0 Å². The SMILES string of the molecule is CN(C)C=O.[LiH].[LiH]. The fourth-order valence-electron chi connectivity index (χ4n) is 0. The zero-order valence-corrected chi connectivity index (χ0v) is 3.43. The van der Waals surface area contributed by atoms with Gasteiger partial charge in [-0.3, -0.25) is 4.79 Å². The molecule has 0 rings (SSSR count). The van der Waals surface area contributed by atoms with Crippen molar-refractivity contribution >= 4 is 44.1 Å². The molecule has 0 heterocycles. The molecule has 7 heavy (non-hydrogen) atoms. The van der Waals surface area contributed by atoms with E-state index in [4.69, 9.17) is 0 Å². The molecule has 0 aliphatic rings. The van der Waals surface area contributed by atoms with Crippen molar-refractivity contribution in [3.8, 4) is 0 Å². The second-order valence-corrected chi connectivity index (χ2v) is 1.07. The minimum atomic E-state index is 0. The first-order chi connectivity index (χ1) is 2.27.